The van der Waals surface area contributed by atoms with Crippen molar-refractivity contribution in [3.63, 3.8) is 0 Å². The Bertz CT molecular complexity index is 700. The summed E-state index contributed by atoms with van der Waals surface area (Å²) in [6, 6.07) is 3.67. The Morgan fingerprint density at radius 1 is 1.14 bits per heavy atom. The zero-order chi connectivity index (χ0) is 22.6. The molecule has 0 fully saturated rings. The molecule has 0 saturated carbocycles. The first-order chi connectivity index (χ1) is 13.4. The monoisotopic (exact) mass is 456 g/mol. The molecular formula is C17H23F3N2O5S2. The molecule has 0 bridgehead atoms. The molecule has 1 amide bonds. The summed E-state index contributed by atoms with van der Waals surface area (Å²) in [6.07, 6.45) is -4.92. The SMILES string of the molecule is Cc1ccc(C(=O)NCCSSCCC(=O)O)c(C(C)C)n1.O=C(O)C(F)(F)F. The van der Waals surface area contributed by atoms with Crippen molar-refractivity contribution in [2.75, 3.05) is 18.1 Å². The van der Waals surface area contributed by atoms with Crippen LogP contribution in [-0.4, -0.2) is 57.3 Å². The smallest absolute Gasteiger partial charge is 0.481 e. The number of carbonyl (C=O) groups excluding carboxylic acids is 1. The molecule has 1 heterocycles. The normalized spacial score (nSPS) is 10.9. The molecule has 1 aromatic heterocycles. The van der Waals surface area contributed by atoms with Crippen LogP contribution in [0.2, 0.25) is 0 Å². The summed E-state index contributed by atoms with van der Waals surface area (Å²) >= 11 is 0. The van der Waals surface area contributed by atoms with Gasteiger partial charge in [-0.2, -0.15) is 13.2 Å². The molecule has 3 N–H and O–H groups in total. The van der Waals surface area contributed by atoms with Gasteiger partial charge in [0.25, 0.3) is 5.91 Å². The number of amides is 1. The van der Waals surface area contributed by atoms with Crippen molar-refractivity contribution in [2.45, 2.75) is 39.3 Å². The number of carbonyl (C=O) groups is 3. The summed E-state index contributed by atoms with van der Waals surface area (Å²) < 4.78 is 31.7. The molecule has 0 aliphatic carbocycles. The van der Waals surface area contributed by atoms with E-state index in [1.54, 1.807) is 10.8 Å². The van der Waals surface area contributed by atoms with E-state index in [0.717, 1.165) is 17.1 Å². The van der Waals surface area contributed by atoms with Crippen LogP contribution in [0.4, 0.5) is 13.2 Å². The Morgan fingerprint density at radius 2 is 1.69 bits per heavy atom. The second-order valence-electron chi connectivity index (χ2n) is 5.89. The Balaban J connectivity index is 0.000000956. The first-order valence-electron chi connectivity index (χ1n) is 8.38. The number of carboxylic acids is 2. The predicted molar refractivity (Wildman–Crippen MR) is 106 cm³/mol. The third-order valence-corrected chi connectivity index (χ3v) is 5.46. The van der Waals surface area contributed by atoms with Gasteiger partial charge in [-0.3, -0.25) is 14.6 Å². The Labute approximate surface area is 174 Å². The highest BCUT2D eigenvalue weighted by atomic mass is 33.1. The van der Waals surface area contributed by atoms with Crippen LogP contribution < -0.4 is 5.32 Å². The fraction of sp³-hybridized carbons (Fsp3) is 0.529. The van der Waals surface area contributed by atoms with Crippen molar-refractivity contribution in [2.24, 2.45) is 0 Å². The summed E-state index contributed by atoms with van der Waals surface area (Å²) in [7, 11) is 3.08. The highest BCUT2D eigenvalue weighted by Gasteiger charge is 2.38. The fourth-order valence-corrected chi connectivity index (χ4v) is 3.64. The predicted octanol–water partition coefficient (Wildman–Crippen LogP) is 3.73. The van der Waals surface area contributed by atoms with E-state index in [1.807, 2.05) is 32.9 Å². The number of halogens is 3. The molecular weight excluding hydrogens is 433 g/mol. The first kappa shape index (κ1) is 27.0. The van der Waals surface area contributed by atoms with Gasteiger partial charge in [0.2, 0.25) is 0 Å². The highest BCUT2D eigenvalue weighted by molar-refractivity contribution is 8.76. The average molecular weight is 457 g/mol. The molecule has 1 aromatic rings. The van der Waals surface area contributed by atoms with E-state index in [-0.39, 0.29) is 18.2 Å². The summed E-state index contributed by atoms with van der Waals surface area (Å²) in [5, 5.41) is 18.5. The molecule has 0 unspecified atom stereocenters. The second-order valence-corrected chi connectivity index (χ2v) is 8.59. The average Bonchev–Trinajstić information content (AvgIpc) is 2.60. The molecule has 7 nitrogen and oxygen atoms in total. The van der Waals surface area contributed by atoms with Gasteiger partial charge in [-0.05, 0) is 25.0 Å². The maximum absolute atomic E-state index is 12.2. The lowest BCUT2D eigenvalue weighted by Crippen LogP contribution is -2.27. The van der Waals surface area contributed by atoms with Crippen molar-refractivity contribution in [1.82, 2.24) is 10.3 Å². The number of rotatable bonds is 9. The molecule has 12 heteroatoms. The summed E-state index contributed by atoms with van der Waals surface area (Å²) in [5.41, 5.74) is 2.36. The summed E-state index contributed by atoms with van der Waals surface area (Å²) in [6.45, 7) is 6.51. The highest BCUT2D eigenvalue weighted by Crippen LogP contribution is 2.21. The molecule has 164 valence electrons. The Kier molecular flexibility index (Phi) is 12.4. The van der Waals surface area contributed by atoms with E-state index < -0.39 is 18.1 Å². The number of pyridine rings is 1. The van der Waals surface area contributed by atoms with Crippen LogP contribution >= 0.6 is 21.6 Å². The molecule has 0 aliphatic rings. The van der Waals surface area contributed by atoms with Crippen molar-refractivity contribution in [3.8, 4) is 0 Å². The maximum Gasteiger partial charge on any atom is 0.490 e. The quantitative estimate of drug-likeness (QED) is 0.380. The van der Waals surface area contributed by atoms with Gasteiger partial charge in [0, 0.05) is 23.7 Å². The van der Waals surface area contributed by atoms with E-state index in [1.165, 1.54) is 10.8 Å². The number of carboxylic acid groups (broad SMARTS) is 2. The molecule has 0 aromatic carbocycles. The van der Waals surface area contributed by atoms with Crippen molar-refractivity contribution < 1.29 is 37.8 Å². The number of nitrogens with one attached hydrogen (secondary N) is 1. The van der Waals surface area contributed by atoms with Crippen LogP contribution in [0.25, 0.3) is 0 Å². The van der Waals surface area contributed by atoms with Gasteiger partial charge in [-0.25, -0.2) is 4.79 Å². The molecule has 0 atom stereocenters. The van der Waals surface area contributed by atoms with Gasteiger partial charge >= 0.3 is 18.1 Å². The van der Waals surface area contributed by atoms with Crippen LogP contribution in [-0.2, 0) is 9.59 Å². The van der Waals surface area contributed by atoms with Crippen LogP contribution in [0, 0.1) is 6.92 Å². The largest absolute Gasteiger partial charge is 0.490 e. The summed E-state index contributed by atoms with van der Waals surface area (Å²) in [4.78, 5) is 35.9. The van der Waals surface area contributed by atoms with E-state index in [2.05, 4.69) is 10.3 Å². The van der Waals surface area contributed by atoms with Gasteiger partial charge < -0.3 is 15.5 Å². The molecule has 0 aliphatic heterocycles. The zero-order valence-electron chi connectivity index (χ0n) is 16.1. The lowest BCUT2D eigenvalue weighted by molar-refractivity contribution is -0.192. The third kappa shape index (κ3) is 12.3. The molecule has 29 heavy (non-hydrogen) atoms. The lowest BCUT2D eigenvalue weighted by atomic mass is 10.0. The van der Waals surface area contributed by atoms with Gasteiger partial charge in [0.15, 0.2) is 0 Å². The molecule has 0 spiro atoms. The third-order valence-electron chi connectivity index (χ3n) is 3.05. The van der Waals surface area contributed by atoms with Gasteiger partial charge in [-0.15, -0.1) is 0 Å². The number of hydrogen-bond donors (Lipinski definition) is 3. The number of hydrogen-bond acceptors (Lipinski definition) is 6. The second kappa shape index (κ2) is 13.3. The van der Waals surface area contributed by atoms with Crippen LogP contribution in [0.15, 0.2) is 12.1 Å². The number of aliphatic carboxylic acids is 2. The maximum atomic E-state index is 12.2. The van der Waals surface area contributed by atoms with Crippen molar-refractivity contribution in [3.05, 3.63) is 29.1 Å². The summed E-state index contributed by atoms with van der Waals surface area (Å²) in [5.74, 6) is -2.13. The molecule has 0 radical (unpaired) electrons. The topological polar surface area (TPSA) is 117 Å². The molecule has 1 rings (SSSR count). The lowest BCUT2D eigenvalue weighted by Gasteiger charge is -2.12. The standard InChI is InChI=1S/C15H22N2O3S2.C2HF3O2/c1-10(2)14-12(5-4-11(3)17-14)15(20)16-7-9-22-21-8-6-13(18)19;3-2(4,5)1(6)7/h4-5,10H,6-9H2,1-3H3,(H,16,20)(H,18,19);(H,6,7). The van der Waals surface area contributed by atoms with Crippen molar-refractivity contribution >= 4 is 39.4 Å². The minimum atomic E-state index is -5.08. The Hall–Kier alpha value is -1.95. The molecule has 0 saturated heterocycles. The zero-order valence-corrected chi connectivity index (χ0v) is 17.7. The van der Waals surface area contributed by atoms with Crippen LogP contribution in [0.5, 0.6) is 0 Å². The van der Waals surface area contributed by atoms with Crippen molar-refractivity contribution in [1.29, 1.82) is 0 Å². The van der Waals surface area contributed by atoms with E-state index >= 15 is 0 Å². The number of alkyl halides is 3. The van der Waals surface area contributed by atoms with Gasteiger partial charge in [-0.1, -0.05) is 35.4 Å². The number of aromatic nitrogens is 1. The fourth-order valence-electron chi connectivity index (χ4n) is 1.76. The Morgan fingerprint density at radius 3 is 2.17 bits per heavy atom. The number of aryl methyl sites for hydroxylation is 1. The van der Waals surface area contributed by atoms with Crippen LogP contribution in [0.1, 0.15) is 47.9 Å². The van der Waals surface area contributed by atoms with E-state index in [4.69, 9.17) is 15.0 Å². The van der Waals surface area contributed by atoms with Gasteiger partial charge in [0.1, 0.15) is 0 Å². The number of nitrogens with zero attached hydrogens (tertiary/aromatic N) is 1. The van der Waals surface area contributed by atoms with Gasteiger partial charge in [0.05, 0.1) is 17.7 Å². The minimum absolute atomic E-state index is 0.104. The minimum Gasteiger partial charge on any atom is -0.481 e. The van der Waals surface area contributed by atoms with Crippen LogP contribution in [0.3, 0.4) is 0 Å². The van der Waals surface area contributed by atoms with E-state index in [9.17, 15) is 22.8 Å². The van der Waals surface area contributed by atoms with E-state index in [0.29, 0.717) is 17.9 Å². The first-order valence-corrected chi connectivity index (χ1v) is 10.9.